The molecule has 0 bridgehead atoms. The highest BCUT2D eigenvalue weighted by atomic mass is 16.2. The molecular weight excluding hydrogens is 496 g/mol. The van der Waals surface area contributed by atoms with Crippen molar-refractivity contribution in [1.82, 2.24) is 25.3 Å². The highest BCUT2D eigenvalue weighted by molar-refractivity contribution is 6.23. The minimum Gasteiger partial charge on any atom is -0.371 e. The summed E-state index contributed by atoms with van der Waals surface area (Å²) in [6.45, 7) is 11.5. The summed E-state index contributed by atoms with van der Waals surface area (Å²) in [5.74, 6) is 1.68. The first-order valence-electron chi connectivity index (χ1n) is 14.7. The lowest BCUT2D eigenvalue weighted by Gasteiger charge is -2.39. The molecule has 2 N–H and O–H groups in total. The Hall–Kier alpha value is -2.82. The van der Waals surface area contributed by atoms with Gasteiger partial charge in [-0.15, -0.1) is 0 Å². The van der Waals surface area contributed by atoms with Gasteiger partial charge in [0.05, 0.1) is 11.1 Å². The smallest absolute Gasteiger partial charge is 0.262 e. The fourth-order valence-electron chi connectivity index (χ4n) is 7.66. The van der Waals surface area contributed by atoms with Gasteiger partial charge in [-0.25, -0.2) is 0 Å². The zero-order valence-corrected chi connectivity index (χ0v) is 22.4. The average Bonchev–Trinajstić information content (AvgIpc) is 3.24. The molecule has 0 radical (unpaired) electrons. The summed E-state index contributed by atoms with van der Waals surface area (Å²) < 4.78 is 0. The first-order chi connectivity index (χ1) is 19.0. The van der Waals surface area contributed by atoms with E-state index in [2.05, 4.69) is 25.3 Å². The Labute approximate surface area is 229 Å². The second-order valence-electron chi connectivity index (χ2n) is 12.4. The van der Waals surface area contributed by atoms with E-state index in [1.807, 2.05) is 12.1 Å². The van der Waals surface area contributed by atoms with Gasteiger partial charge in [-0.3, -0.25) is 29.4 Å². The SMILES string of the molecule is O=C1CCC(N2C(=O)c3ccc(N4CCC(CN5CCN(CC6C7CNCC76)CC5)CC4)cc3C2=O)C(=O)N1. The fraction of sp³-hybridized carbons (Fsp3) is 0.655. The summed E-state index contributed by atoms with van der Waals surface area (Å²) >= 11 is 0. The van der Waals surface area contributed by atoms with E-state index < -0.39 is 23.8 Å². The number of piperidine rings is 3. The molecule has 0 spiro atoms. The molecular formula is C29H38N6O4. The molecule has 5 heterocycles. The molecule has 0 aromatic heterocycles. The molecule has 1 aromatic rings. The van der Waals surface area contributed by atoms with E-state index in [-0.39, 0.29) is 18.7 Å². The third kappa shape index (κ3) is 4.66. The Kier molecular flexibility index (Phi) is 6.44. The zero-order chi connectivity index (χ0) is 26.7. The van der Waals surface area contributed by atoms with Gasteiger partial charge in [-0.05, 0) is 74.2 Å². The predicted octanol–water partition coefficient (Wildman–Crippen LogP) is 0.387. The molecule has 1 saturated carbocycles. The molecule has 3 atom stereocenters. The first kappa shape index (κ1) is 25.2. The number of nitrogens with zero attached hydrogens (tertiary/aromatic N) is 4. The van der Waals surface area contributed by atoms with Crippen molar-refractivity contribution < 1.29 is 19.2 Å². The van der Waals surface area contributed by atoms with E-state index >= 15 is 0 Å². The van der Waals surface area contributed by atoms with Crippen molar-refractivity contribution in [3.05, 3.63) is 29.3 Å². The maximum Gasteiger partial charge on any atom is 0.262 e. The van der Waals surface area contributed by atoms with Gasteiger partial charge in [0.15, 0.2) is 0 Å². The largest absolute Gasteiger partial charge is 0.371 e. The third-order valence-electron chi connectivity index (χ3n) is 10.1. The molecule has 10 heteroatoms. The maximum absolute atomic E-state index is 13.2. The van der Waals surface area contributed by atoms with Crippen LogP contribution in [0.3, 0.4) is 0 Å². The van der Waals surface area contributed by atoms with Gasteiger partial charge in [0.1, 0.15) is 6.04 Å². The Morgan fingerprint density at radius 2 is 1.44 bits per heavy atom. The Morgan fingerprint density at radius 1 is 0.769 bits per heavy atom. The van der Waals surface area contributed by atoms with Crippen LogP contribution < -0.4 is 15.5 Å². The van der Waals surface area contributed by atoms with E-state index in [0.717, 1.165) is 54.3 Å². The van der Waals surface area contributed by atoms with Crippen molar-refractivity contribution in [2.24, 2.45) is 23.7 Å². The minimum atomic E-state index is -0.929. The lowest BCUT2D eigenvalue weighted by atomic mass is 9.95. The number of nitrogens with one attached hydrogen (secondary N) is 2. The molecule has 5 aliphatic heterocycles. The van der Waals surface area contributed by atoms with Crippen LogP contribution >= 0.6 is 0 Å². The second kappa shape index (κ2) is 9.98. The standard InChI is InChI=1S/C29H38N6O4/c36-26-4-3-25(27(37)31-26)35-28(38)20-2-1-19(13-21(20)29(35)39)34-7-5-18(6-8-34)16-32-9-11-33(12-10-32)17-24-22-14-30-15-23(22)24/h1-2,13,18,22-25,30H,3-12,14-17H2,(H,31,36,37). The van der Waals surface area contributed by atoms with Gasteiger partial charge in [0.2, 0.25) is 11.8 Å². The Bertz CT molecular complexity index is 1180. The van der Waals surface area contributed by atoms with Gasteiger partial charge < -0.3 is 20.0 Å². The van der Waals surface area contributed by atoms with Crippen molar-refractivity contribution in [3.8, 4) is 0 Å². The van der Waals surface area contributed by atoms with E-state index in [1.54, 1.807) is 6.07 Å². The fourth-order valence-corrected chi connectivity index (χ4v) is 7.66. The molecule has 7 rings (SSSR count). The van der Waals surface area contributed by atoms with Crippen LogP contribution in [0.15, 0.2) is 18.2 Å². The van der Waals surface area contributed by atoms with Crippen LogP contribution in [-0.2, 0) is 9.59 Å². The number of piperazine rings is 1. The zero-order valence-electron chi connectivity index (χ0n) is 22.4. The molecule has 208 valence electrons. The Balaban J connectivity index is 0.905. The lowest BCUT2D eigenvalue weighted by Crippen LogP contribution is -2.54. The highest BCUT2D eigenvalue weighted by Crippen LogP contribution is 2.49. The van der Waals surface area contributed by atoms with Gasteiger partial charge in [0, 0.05) is 64.5 Å². The van der Waals surface area contributed by atoms with E-state index in [1.165, 1.54) is 52.4 Å². The van der Waals surface area contributed by atoms with Crippen LogP contribution in [0, 0.1) is 23.7 Å². The summed E-state index contributed by atoms with van der Waals surface area (Å²) in [5, 5.41) is 5.75. The number of rotatable bonds is 6. The van der Waals surface area contributed by atoms with E-state index in [9.17, 15) is 19.2 Å². The second-order valence-corrected chi connectivity index (χ2v) is 12.4. The number of hydrogen-bond acceptors (Lipinski definition) is 8. The van der Waals surface area contributed by atoms with Gasteiger partial charge in [0.25, 0.3) is 11.8 Å². The van der Waals surface area contributed by atoms with Crippen LogP contribution in [0.5, 0.6) is 0 Å². The normalized spacial score (nSPS) is 32.0. The van der Waals surface area contributed by atoms with E-state index in [4.69, 9.17) is 0 Å². The monoisotopic (exact) mass is 534 g/mol. The lowest BCUT2D eigenvalue weighted by molar-refractivity contribution is -0.136. The number of imide groups is 2. The van der Waals surface area contributed by atoms with Gasteiger partial charge in [-0.1, -0.05) is 0 Å². The quantitative estimate of drug-likeness (QED) is 0.505. The minimum absolute atomic E-state index is 0.124. The summed E-state index contributed by atoms with van der Waals surface area (Å²) in [4.78, 5) is 58.7. The maximum atomic E-state index is 13.2. The molecule has 6 aliphatic rings. The summed E-state index contributed by atoms with van der Waals surface area (Å²) in [5.41, 5.74) is 1.64. The summed E-state index contributed by atoms with van der Waals surface area (Å²) in [6, 6.07) is 4.52. The third-order valence-corrected chi connectivity index (χ3v) is 10.1. The van der Waals surface area contributed by atoms with Gasteiger partial charge in [-0.2, -0.15) is 0 Å². The highest BCUT2D eigenvalue weighted by Gasteiger charge is 2.53. The van der Waals surface area contributed by atoms with Crippen molar-refractivity contribution in [3.63, 3.8) is 0 Å². The van der Waals surface area contributed by atoms with E-state index in [0.29, 0.717) is 17.0 Å². The number of benzene rings is 1. The van der Waals surface area contributed by atoms with Crippen LogP contribution in [0.1, 0.15) is 46.4 Å². The van der Waals surface area contributed by atoms with Crippen LogP contribution in [0.4, 0.5) is 5.69 Å². The molecule has 5 fully saturated rings. The molecule has 39 heavy (non-hydrogen) atoms. The van der Waals surface area contributed by atoms with Crippen molar-refractivity contribution in [2.45, 2.75) is 31.7 Å². The number of hydrogen-bond donors (Lipinski definition) is 2. The molecule has 3 unspecified atom stereocenters. The Morgan fingerprint density at radius 3 is 2.13 bits per heavy atom. The predicted molar refractivity (Wildman–Crippen MR) is 144 cm³/mol. The average molecular weight is 535 g/mol. The van der Waals surface area contributed by atoms with Crippen molar-refractivity contribution in [1.29, 1.82) is 0 Å². The van der Waals surface area contributed by atoms with Crippen molar-refractivity contribution in [2.75, 3.05) is 70.3 Å². The number of fused-ring (bicyclic) bond motifs is 2. The summed E-state index contributed by atoms with van der Waals surface area (Å²) in [6.07, 6.45) is 2.53. The molecule has 4 amide bonds. The number of carbonyl (C=O) groups is 4. The molecule has 1 aromatic carbocycles. The van der Waals surface area contributed by atoms with Gasteiger partial charge >= 0.3 is 0 Å². The number of amides is 4. The van der Waals surface area contributed by atoms with Crippen LogP contribution in [0.25, 0.3) is 0 Å². The first-order valence-corrected chi connectivity index (χ1v) is 14.7. The van der Waals surface area contributed by atoms with Crippen LogP contribution in [0.2, 0.25) is 0 Å². The molecule has 4 saturated heterocycles. The van der Waals surface area contributed by atoms with Crippen LogP contribution in [-0.4, -0.2) is 110 Å². The topological polar surface area (TPSA) is 105 Å². The molecule has 10 nitrogen and oxygen atoms in total. The number of carbonyl (C=O) groups excluding carboxylic acids is 4. The number of anilines is 1. The van der Waals surface area contributed by atoms with Crippen molar-refractivity contribution >= 4 is 29.3 Å². The molecule has 1 aliphatic carbocycles. The summed E-state index contributed by atoms with van der Waals surface area (Å²) in [7, 11) is 0.